The number of hydrogen-bond donors (Lipinski definition) is 0. The molecule has 0 bridgehead atoms. The fourth-order valence-electron chi connectivity index (χ4n) is 3.35. The highest BCUT2D eigenvalue weighted by Gasteiger charge is 2.23. The lowest BCUT2D eigenvalue weighted by molar-refractivity contribution is 0.311. The van der Waals surface area contributed by atoms with E-state index < -0.39 is 0 Å². The van der Waals surface area contributed by atoms with Crippen LogP contribution in [0.5, 0.6) is 0 Å². The lowest BCUT2D eigenvalue weighted by atomic mass is 10.1. The number of pyridine rings is 1. The van der Waals surface area contributed by atoms with E-state index >= 15 is 0 Å². The summed E-state index contributed by atoms with van der Waals surface area (Å²) in [6.45, 7) is 4.07. The van der Waals surface area contributed by atoms with Gasteiger partial charge in [-0.3, -0.25) is 4.98 Å². The molecular weight excluding hydrogens is 294 g/mol. The summed E-state index contributed by atoms with van der Waals surface area (Å²) < 4.78 is 2.35. The normalized spacial score (nSPS) is 15.2. The molecule has 112 valence electrons. The molecule has 1 aliphatic heterocycles. The van der Waals surface area contributed by atoms with E-state index in [4.69, 9.17) is 11.6 Å². The molecule has 0 unspecified atom stereocenters. The molecular formula is C18H18ClN3. The zero-order valence-electron chi connectivity index (χ0n) is 12.8. The van der Waals surface area contributed by atoms with Crippen molar-refractivity contribution in [1.29, 1.82) is 0 Å². The summed E-state index contributed by atoms with van der Waals surface area (Å²) in [4.78, 5) is 6.83. The number of nitrogens with zero attached hydrogens (tertiary/aromatic N) is 3. The Kier molecular flexibility index (Phi) is 3.21. The lowest BCUT2D eigenvalue weighted by Crippen LogP contribution is -2.27. The molecule has 0 saturated carbocycles. The Hall–Kier alpha value is -1.84. The van der Waals surface area contributed by atoms with Gasteiger partial charge in [0, 0.05) is 41.3 Å². The van der Waals surface area contributed by atoms with Crippen LogP contribution in [0.3, 0.4) is 0 Å². The monoisotopic (exact) mass is 311 g/mol. The average molecular weight is 312 g/mol. The highest BCUT2D eigenvalue weighted by atomic mass is 35.5. The van der Waals surface area contributed by atoms with Crippen LogP contribution in [0.1, 0.15) is 17.0 Å². The molecule has 1 aromatic carbocycles. The van der Waals surface area contributed by atoms with Gasteiger partial charge >= 0.3 is 0 Å². The second-order valence-electron chi connectivity index (χ2n) is 6.07. The van der Waals surface area contributed by atoms with Crippen molar-refractivity contribution in [2.45, 2.75) is 19.9 Å². The van der Waals surface area contributed by atoms with Gasteiger partial charge in [0.1, 0.15) is 0 Å². The molecule has 0 atom stereocenters. The Bertz CT molecular complexity index is 849. The molecule has 0 spiro atoms. The highest BCUT2D eigenvalue weighted by Crippen LogP contribution is 2.34. The van der Waals surface area contributed by atoms with E-state index in [0.717, 1.165) is 35.9 Å². The SMILES string of the molecule is Cc1ccc(-n2c3c(c4cc(Cl)ccc42)CN(C)CC3)cn1. The van der Waals surface area contributed by atoms with Gasteiger partial charge < -0.3 is 9.47 Å². The highest BCUT2D eigenvalue weighted by molar-refractivity contribution is 6.31. The number of fused-ring (bicyclic) bond motifs is 3. The van der Waals surface area contributed by atoms with Gasteiger partial charge in [-0.05, 0) is 49.9 Å². The molecule has 0 saturated heterocycles. The van der Waals surface area contributed by atoms with Crippen molar-refractivity contribution in [1.82, 2.24) is 14.5 Å². The molecule has 0 amide bonds. The minimum atomic E-state index is 0.794. The van der Waals surface area contributed by atoms with E-state index in [-0.39, 0.29) is 0 Å². The van der Waals surface area contributed by atoms with Crippen molar-refractivity contribution >= 4 is 22.5 Å². The maximum Gasteiger partial charge on any atom is 0.0642 e. The fourth-order valence-corrected chi connectivity index (χ4v) is 3.52. The van der Waals surface area contributed by atoms with E-state index in [2.05, 4.69) is 45.8 Å². The van der Waals surface area contributed by atoms with Gasteiger partial charge in [0.15, 0.2) is 0 Å². The number of benzene rings is 1. The number of aryl methyl sites for hydroxylation is 1. The van der Waals surface area contributed by atoms with Crippen molar-refractivity contribution in [2.24, 2.45) is 0 Å². The second kappa shape index (κ2) is 5.11. The van der Waals surface area contributed by atoms with Crippen LogP contribution >= 0.6 is 11.6 Å². The molecule has 3 heterocycles. The summed E-state index contributed by atoms with van der Waals surface area (Å²) in [5.74, 6) is 0. The zero-order chi connectivity index (χ0) is 15.3. The molecule has 0 radical (unpaired) electrons. The van der Waals surface area contributed by atoms with Crippen molar-refractivity contribution in [3.63, 3.8) is 0 Å². The number of likely N-dealkylation sites (N-methyl/N-ethyl adjacent to an activating group) is 1. The maximum absolute atomic E-state index is 6.24. The van der Waals surface area contributed by atoms with Gasteiger partial charge in [0.2, 0.25) is 0 Å². The van der Waals surface area contributed by atoms with Crippen molar-refractivity contribution in [3.8, 4) is 5.69 Å². The maximum atomic E-state index is 6.24. The smallest absolute Gasteiger partial charge is 0.0642 e. The average Bonchev–Trinajstić information content (AvgIpc) is 2.81. The Morgan fingerprint density at radius 1 is 1.18 bits per heavy atom. The van der Waals surface area contributed by atoms with Crippen molar-refractivity contribution in [2.75, 3.05) is 13.6 Å². The first kappa shape index (κ1) is 13.8. The van der Waals surface area contributed by atoms with Gasteiger partial charge in [0.25, 0.3) is 0 Å². The minimum absolute atomic E-state index is 0.794. The van der Waals surface area contributed by atoms with Gasteiger partial charge in [0.05, 0.1) is 17.4 Å². The minimum Gasteiger partial charge on any atom is -0.312 e. The number of halogens is 1. The first-order valence-electron chi connectivity index (χ1n) is 7.57. The molecule has 3 aromatic rings. The van der Waals surface area contributed by atoms with Crippen LogP contribution < -0.4 is 0 Å². The molecule has 1 aliphatic rings. The van der Waals surface area contributed by atoms with Crippen LogP contribution in [0.4, 0.5) is 0 Å². The Balaban J connectivity index is 2.03. The summed E-state index contributed by atoms with van der Waals surface area (Å²) in [6.07, 6.45) is 3.01. The van der Waals surface area contributed by atoms with E-state index in [1.165, 1.54) is 22.2 Å². The van der Waals surface area contributed by atoms with E-state index in [0.29, 0.717) is 0 Å². The van der Waals surface area contributed by atoms with Crippen LogP contribution in [0.2, 0.25) is 5.02 Å². The predicted molar refractivity (Wildman–Crippen MR) is 90.9 cm³/mol. The molecule has 2 aromatic heterocycles. The van der Waals surface area contributed by atoms with E-state index in [9.17, 15) is 0 Å². The third-order valence-corrected chi connectivity index (χ3v) is 4.69. The Morgan fingerprint density at radius 2 is 2.05 bits per heavy atom. The van der Waals surface area contributed by atoms with E-state index in [1.54, 1.807) is 0 Å². The molecule has 22 heavy (non-hydrogen) atoms. The summed E-state index contributed by atoms with van der Waals surface area (Å²) >= 11 is 6.24. The topological polar surface area (TPSA) is 21.1 Å². The van der Waals surface area contributed by atoms with E-state index in [1.807, 2.05) is 19.2 Å². The van der Waals surface area contributed by atoms with Crippen LogP contribution in [-0.2, 0) is 13.0 Å². The zero-order valence-corrected chi connectivity index (χ0v) is 13.6. The standard InChI is InChI=1S/C18H18ClN3/c1-12-3-5-14(10-20-12)22-17-6-4-13(19)9-15(17)16-11-21(2)8-7-18(16)22/h3-6,9-10H,7-8,11H2,1-2H3. The second-order valence-corrected chi connectivity index (χ2v) is 6.50. The lowest BCUT2D eigenvalue weighted by Gasteiger charge is -2.24. The van der Waals surface area contributed by atoms with Gasteiger partial charge in [-0.1, -0.05) is 11.6 Å². The molecule has 0 aliphatic carbocycles. The first-order valence-corrected chi connectivity index (χ1v) is 7.94. The molecule has 0 fully saturated rings. The molecule has 4 rings (SSSR count). The molecule has 4 heteroatoms. The van der Waals surface area contributed by atoms with Crippen LogP contribution in [-0.4, -0.2) is 28.0 Å². The Morgan fingerprint density at radius 3 is 2.82 bits per heavy atom. The quantitative estimate of drug-likeness (QED) is 0.678. The summed E-state index contributed by atoms with van der Waals surface area (Å²) in [5, 5.41) is 2.05. The third-order valence-electron chi connectivity index (χ3n) is 4.46. The van der Waals surface area contributed by atoms with Gasteiger partial charge in [-0.15, -0.1) is 0 Å². The first-order chi connectivity index (χ1) is 10.6. The van der Waals surface area contributed by atoms with Crippen LogP contribution in [0, 0.1) is 6.92 Å². The summed E-state index contributed by atoms with van der Waals surface area (Å²) in [6, 6.07) is 10.4. The van der Waals surface area contributed by atoms with Crippen molar-refractivity contribution in [3.05, 3.63) is 58.5 Å². The fraction of sp³-hybridized carbons (Fsp3) is 0.278. The third kappa shape index (κ3) is 2.13. The summed E-state index contributed by atoms with van der Waals surface area (Å²) in [5.41, 5.74) is 6.17. The predicted octanol–water partition coefficient (Wildman–Crippen LogP) is 3.98. The Labute approximate surface area is 135 Å². The van der Waals surface area contributed by atoms with Gasteiger partial charge in [-0.25, -0.2) is 0 Å². The largest absolute Gasteiger partial charge is 0.312 e. The van der Waals surface area contributed by atoms with Crippen LogP contribution in [0.25, 0.3) is 16.6 Å². The van der Waals surface area contributed by atoms with Crippen molar-refractivity contribution < 1.29 is 0 Å². The summed E-state index contributed by atoms with van der Waals surface area (Å²) in [7, 11) is 2.17. The van der Waals surface area contributed by atoms with Crippen LogP contribution in [0.15, 0.2) is 36.5 Å². The number of rotatable bonds is 1. The number of hydrogen-bond acceptors (Lipinski definition) is 2. The molecule has 0 N–H and O–H groups in total. The van der Waals surface area contributed by atoms with Gasteiger partial charge in [-0.2, -0.15) is 0 Å². The molecule has 3 nitrogen and oxygen atoms in total. The number of aromatic nitrogens is 2.